The minimum Gasteiger partial charge on any atom is -0.483 e. The Balaban J connectivity index is 1.64. The van der Waals surface area contributed by atoms with E-state index >= 15 is 0 Å². The third kappa shape index (κ3) is 2.09. The van der Waals surface area contributed by atoms with Crippen molar-refractivity contribution < 1.29 is 9.53 Å². The minimum absolute atomic E-state index is 0.101. The van der Waals surface area contributed by atoms with E-state index < -0.39 is 0 Å². The highest BCUT2D eigenvalue weighted by atomic mass is 16.5. The van der Waals surface area contributed by atoms with E-state index in [1.165, 1.54) is 0 Å². The Morgan fingerprint density at radius 1 is 1.41 bits per heavy atom. The molecule has 0 spiro atoms. The zero-order chi connectivity index (χ0) is 15.3. The summed E-state index contributed by atoms with van der Waals surface area (Å²) in [7, 11) is 2.11. The lowest BCUT2D eigenvalue weighted by molar-refractivity contribution is -0.122. The molecule has 1 unspecified atom stereocenters. The number of amides is 1. The monoisotopic (exact) mass is 301 g/mol. The van der Waals surface area contributed by atoms with Gasteiger partial charge in [-0.2, -0.15) is 5.10 Å². The van der Waals surface area contributed by atoms with Gasteiger partial charge in [0.1, 0.15) is 18.4 Å². The number of carbonyl (C=O) groups is 1. The Bertz CT molecular complexity index is 653. The summed E-state index contributed by atoms with van der Waals surface area (Å²) in [5.41, 5.74) is 4.47. The normalized spacial score (nSPS) is 24.5. The van der Waals surface area contributed by atoms with Gasteiger partial charge in [-0.15, -0.1) is 0 Å². The van der Waals surface area contributed by atoms with Crippen molar-refractivity contribution in [3.05, 3.63) is 18.2 Å². The van der Waals surface area contributed by atoms with E-state index in [1.807, 2.05) is 30.0 Å². The van der Waals surface area contributed by atoms with Gasteiger partial charge in [0, 0.05) is 18.8 Å². The molecule has 0 aliphatic carbocycles. The lowest BCUT2D eigenvalue weighted by atomic mass is 10.1. The highest BCUT2D eigenvalue weighted by Crippen LogP contribution is 2.37. The Labute approximate surface area is 128 Å². The zero-order valence-electron chi connectivity index (χ0n) is 12.7. The van der Waals surface area contributed by atoms with Gasteiger partial charge in [0.2, 0.25) is 0 Å². The fourth-order valence-electron chi connectivity index (χ4n) is 3.14. The summed E-state index contributed by atoms with van der Waals surface area (Å²) in [5.74, 6) is 1.42. The first-order chi connectivity index (χ1) is 10.6. The predicted octanol–water partition coefficient (Wildman–Crippen LogP) is 0.443. The van der Waals surface area contributed by atoms with Gasteiger partial charge < -0.3 is 19.9 Å². The van der Waals surface area contributed by atoms with Crippen molar-refractivity contribution in [3.8, 4) is 5.75 Å². The molecule has 0 aromatic heterocycles. The quantitative estimate of drug-likeness (QED) is 0.830. The highest BCUT2D eigenvalue weighted by Gasteiger charge is 2.35. The Hall–Kier alpha value is -2.28. The van der Waals surface area contributed by atoms with Gasteiger partial charge in [-0.25, -0.2) is 5.43 Å². The topological polar surface area (TPSA) is 69.2 Å². The second kappa shape index (κ2) is 4.88. The maximum absolute atomic E-state index is 11.9. The molecule has 1 amide bonds. The fraction of sp³-hybridized carbons (Fsp3) is 0.467. The first-order valence-corrected chi connectivity index (χ1v) is 7.49. The number of anilines is 2. The summed E-state index contributed by atoms with van der Waals surface area (Å²) >= 11 is 0. The number of hydrazone groups is 1. The molecule has 1 fully saturated rings. The number of likely N-dealkylation sites (tertiary alicyclic amines) is 1. The Morgan fingerprint density at radius 2 is 2.23 bits per heavy atom. The van der Waals surface area contributed by atoms with Crippen LogP contribution in [0.5, 0.6) is 5.75 Å². The second-order valence-electron chi connectivity index (χ2n) is 6.08. The van der Waals surface area contributed by atoms with Crippen LogP contribution in [0.2, 0.25) is 0 Å². The number of nitrogens with zero attached hydrogens (tertiary/aromatic N) is 3. The molecule has 1 aromatic rings. The lowest BCUT2D eigenvalue weighted by Crippen LogP contribution is -2.55. The van der Waals surface area contributed by atoms with E-state index in [1.54, 1.807) is 0 Å². The van der Waals surface area contributed by atoms with Crippen LogP contribution in [-0.2, 0) is 4.79 Å². The third-order valence-electron chi connectivity index (χ3n) is 4.35. The first kappa shape index (κ1) is 13.4. The molecular weight excluding hydrogens is 282 g/mol. The fourth-order valence-corrected chi connectivity index (χ4v) is 3.14. The molecule has 1 atom stereocenters. The van der Waals surface area contributed by atoms with Crippen molar-refractivity contribution in [3.63, 3.8) is 0 Å². The molecule has 3 heterocycles. The summed E-state index contributed by atoms with van der Waals surface area (Å²) in [6.07, 6.45) is 0. The summed E-state index contributed by atoms with van der Waals surface area (Å²) in [6, 6.07) is 6.20. The SMILES string of the molecule is CC1C(=O)NN=C2COc3ccc(NC4CN(C)C4)cc3N21. The number of ether oxygens (including phenoxy) is 1. The molecular formula is C15H19N5O2. The van der Waals surface area contributed by atoms with Crippen LogP contribution in [0.1, 0.15) is 6.92 Å². The molecule has 7 nitrogen and oxygen atoms in total. The summed E-state index contributed by atoms with van der Waals surface area (Å²) in [6.45, 7) is 4.34. The molecule has 1 saturated heterocycles. The van der Waals surface area contributed by atoms with Gasteiger partial charge >= 0.3 is 0 Å². The third-order valence-corrected chi connectivity index (χ3v) is 4.35. The number of likely N-dealkylation sites (N-methyl/N-ethyl adjacent to an activating group) is 1. The van der Waals surface area contributed by atoms with Crippen LogP contribution >= 0.6 is 0 Å². The highest BCUT2D eigenvalue weighted by molar-refractivity contribution is 6.09. The average Bonchev–Trinajstić information content (AvgIpc) is 2.49. The minimum atomic E-state index is -0.291. The van der Waals surface area contributed by atoms with Crippen molar-refractivity contribution >= 4 is 23.1 Å². The van der Waals surface area contributed by atoms with Crippen molar-refractivity contribution in [2.24, 2.45) is 5.10 Å². The largest absolute Gasteiger partial charge is 0.483 e. The molecule has 7 heteroatoms. The first-order valence-electron chi connectivity index (χ1n) is 7.49. The van der Waals surface area contributed by atoms with Crippen LogP contribution in [0.25, 0.3) is 0 Å². The molecule has 2 N–H and O–H groups in total. The molecule has 116 valence electrons. The van der Waals surface area contributed by atoms with Crippen molar-refractivity contribution in [2.45, 2.75) is 19.0 Å². The van der Waals surface area contributed by atoms with Gasteiger partial charge in [-0.3, -0.25) is 4.79 Å². The van der Waals surface area contributed by atoms with E-state index in [9.17, 15) is 4.79 Å². The summed E-state index contributed by atoms with van der Waals surface area (Å²) in [5, 5.41) is 7.62. The van der Waals surface area contributed by atoms with Crippen LogP contribution in [0, 0.1) is 0 Å². The zero-order valence-corrected chi connectivity index (χ0v) is 12.7. The molecule has 22 heavy (non-hydrogen) atoms. The molecule has 3 aliphatic rings. The van der Waals surface area contributed by atoms with Gasteiger partial charge in [0.15, 0.2) is 5.84 Å². The van der Waals surface area contributed by atoms with Crippen LogP contribution in [-0.4, -0.2) is 55.5 Å². The van der Waals surface area contributed by atoms with Crippen LogP contribution in [0.3, 0.4) is 0 Å². The molecule has 0 bridgehead atoms. The summed E-state index contributed by atoms with van der Waals surface area (Å²) < 4.78 is 5.73. The molecule has 0 saturated carbocycles. The molecule has 1 aromatic carbocycles. The van der Waals surface area contributed by atoms with Crippen molar-refractivity contribution in [2.75, 3.05) is 37.0 Å². The Kier molecular flexibility index (Phi) is 2.97. The van der Waals surface area contributed by atoms with Gasteiger partial charge in [-0.05, 0) is 32.2 Å². The van der Waals surface area contributed by atoms with E-state index in [4.69, 9.17) is 4.74 Å². The number of fused-ring (bicyclic) bond motifs is 3. The van der Waals surface area contributed by atoms with Crippen LogP contribution in [0.15, 0.2) is 23.3 Å². The van der Waals surface area contributed by atoms with E-state index in [-0.39, 0.29) is 11.9 Å². The number of carbonyl (C=O) groups excluding carboxylic acids is 1. The van der Waals surface area contributed by atoms with Crippen LogP contribution in [0.4, 0.5) is 11.4 Å². The smallest absolute Gasteiger partial charge is 0.262 e. The maximum atomic E-state index is 11.9. The molecule has 0 radical (unpaired) electrons. The maximum Gasteiger partial charge on any atom is 0.262 e. The lowest BCUT2D eigenvalue weighted by Gasteiger charge is -2.39. The molecule has 4 rings (SSSR count). The summed E-state index contributed by atoms with van der Waals surface area (Å²) in [4.78, 5) is 16.1. The number of hydrogen-bond acceptors (Lipinski definition) is 6. The van der Waals surface area contributed by atoms with E-state index in [0.717, 1.165) is 36.0 Å². The second-order valence-corrected chi connectivity index (χ2v) is 6.08. The van der Waals surface area contributed by atoms with Crippen molar-refractivity contribution in [1.29, 1.82) is 0 Å². The molecule has 3 aliphatic heterocycles. The standard InChI is InChI=1S/C15H19N5O2/c1-9-15(21)18-17-14-8-22-13-4-3-10(5-12(13)20(9)14)16-11-6-19(2)7-11/h3-5,9,11,16H,6-8H2,1-2H3,(H,18,21). The van der Waals surface area contributed by atoms with Gasteiger partial charge in [-0.1, -0.05) is 0 Å². The number of amidine groups is 1. The van der Waals surface area contributed by atoms with E-state index in [2.05, 4.69) is 27.8 Å². The van der Waals surface area contributed by atoms with Gasteiger partial charge in [0.25, 0.3) is 5.91 Å². The van der Waals surface area contributed by atoms with Gasteiger partial charge in [0.05, 0.1) is 11.7 Å². The predicted molar refractivity (Wildman–Crippen MR) is 84.4 cm³/mol. The van der Waals surface area contributed by atoms with E-state index in [0.29, 0.717) is 12.6 Å². The van der Waals surface area contributed by atoms with Crippen LogP contribution < -0.4 is 20.4 Å². The number of hydrogen-bond donors (Lipinski definition) is 2. The van der Waals surface area contributed by atoms with Crippen molar-refractivity contribution in [1.82, 2.24) is 10.3 Å². The number of nitrogens with one attached hydrogen (secondary N) is 2. The number of rotatable bonds is 2. The Morgan fingerprint density at radius 3 is 3.00 bits per heavy atom. The number of benzene rings is 1. The average molecular weight is 301 g/mol.